The fourth-order valence-corrected chi connectivity index (χ4v) is 3.85. The highest BCUT2D eigenvalue weighted by Crippen LogP contribution is 2.24. The van der Waals surface area contributed by atoms with Crippen molar-refractivity contribution in [3.8, 4) is 5.75 Å². The van der Waals surface area contributed by atoms with Crippen molar-refractivity contribution in [2.45, 2.75) is 11.8 Å². The van der Waals surface area contributed by atoms with Gasteiger partial charge in [-0.25, -0.2) is 8.42 Å². The highest BCUT2D eigenvalue weighted by Gasteiger charge is 2.33. The van der Waals surface area contributed by atoms with Crippen LogP contribution in [0.4, 0.5) is 0 Å². The highest BCUT2D eigenvalue weighted by molar-refractivity contribution is 7.89. The van der Waals surface area contributed by atoms with E-state index in [1.165, 1.54) is 0 Å². The van der Waals surface area contributed by atoms with E-state index in [9.17, 15) is 8.42 Å². The maximum absolute atomic E-state index is 12.6. The van der Waals surface area contributed by atoms with Gasteiger partial charge in [0, 0.05) is 12.5 Å². The van der Waals surface area contributed by atoms with Crippen LogP contribution in [0.1, 0.15) is 11.1 Å². The smallest absolute Gasteiger partial charge is 0.265 e. The zero-order valence-electron chi connectivity index (χ0n) is 14.3. The summed E-state index contributed by atoms with van der Waals surface area (Å²) in [5.41, 5.74) is 2.04. The molecule has 1 atom stereocenters. The lowest BCUT2D eigenvalue weighted by atomic mass is 10.1. The molecule has 2 aromatic rings. The molecule has 132 valence electrons. The molecule has 1 unspecified atom stereocenters. The number of nitrogens with zero attached hydrogens (tertiary/aromatic N) is 1. The van der Waals surface area contributed by atoms with Crippen molar-refractivity contribution in [2.24, 2.45) is 5.92 Å². The maximum Gasteiger partial charge on any atom is 0.265 e. The van der Waals surface area contributed by atoms with E-state index in [0.29, 0.717) is 13.2 Å². The molecule has 3 rings (SSSR count). The fourth-order valence-electron chi connectivity index (χ4n) is 2.55. The van der Waals surface area contributed by atoms with E-state index in [2.05, 4.69) is 0 Å². The number of rotatable bonds is 5. The van der Waals surface area contributed by atoms with Gasteiger partial charge in [0.15, 0.2) is 0 Å². The van der Waals surface area contributed by atoms with Crippen molar-refractivity contribution in [3.05, 3.63) is 65.7 Å². The molecule has 0 saturated carbocycles. The van der Waals surface area contributed by atoms with Crippen LogP contribution in [0, 0.1) is 12.8 Å². The molecule has 0 spiro atoms. The largest absolute Gasteiger partial charge is 0.497 e. The lowest BCUT2D eigenvalue weighted by Crippen LogP contribution is -2.27. The van der Waals surface area contributed by atoms with Gasteiger partial charge in [0.1, 0.15) is 5.75 Å². The summed E-state index contributed by atoms with van der Waals surface area (Å²) in [6, 6.07) is 14.5. The molecular formula is C19H21NO4S. The Morgan fingerprint density at radius 3 is 2.44 bits per heavy atom. The molecule has 0 amide bonds. The third-order valence-corrected chi connectivity index (χ3v) is 5.74. The molecule has 1 fully saturated rings. The Morgan fingerprint density at radius 2 is 1.80 bits per heavy atom. The van der Waals surface area contributed by atoms with Crippen molar-refractivity contribution in [1.29, 1.82) is 0 Å². The van der Waals surface area contributed by atoms with Crippen LogP contribution in [0.15, 0.2) is 59.5 Å². The lowest BCUT2D eigenvalue weighted by Gasteiger charge is -2.14. The number of hydroxylamine groups is 1. The van der Waals surface area contributed by atoms with Gasteiger partial charge in [-0.3, -0.25) is 4.84 Å². The molecule has 1 aliphatic heterocycles. The van der Waals surface area contributed by atoms with Crippen LogP contribution in [0.3, 0.4) is 0 Å². The van der Waals surface area contributed by atoms with Gasteiger partial charge in [0.05, 0.1) is 18.6 Å². The molecule has 1 aliphatic rings. The SMILES string of the molecule is COc1ccc(/C=C/C2CON(S(=O)(=O)c3ccc(C)cc3)C2)cc1. The Labute approximate surface area is 148 Å². The average molecular weight is 359 g/mol. The standard InChI is InChI=1S/C19H21NO4S/c1-15-3-11-19(12-4-15)25(21,22)20-13-17(14-24-20)6-5-16-7-9-18(23-2)10-8-16/h3-12,17H,13-14H2,1-2H3/b6-5+. The summed E-state index contributed by atoms with van der Waals surface area (Å²) in [6.45, 7) is 2.57. The Kier molecular flexibility index (Phi) is 5.22. The summed E-state index contributed by atoms with van der Waals surface area (Å²) in [6.07, 6.45) is 3.95. The van der Waals surface area contributed by atoms with Gasteiger partial charge in [0.2, 0.25) is 0 Å². The lowest BCUT2D eigenvalue weighted by molar-refractivity contribution is -0.0291. The Bertz CT molecular complexity index is 842. The van der Waals surface area contributed by atoms with Crippen LogP contribution in [0.2, 0.25) is 0 Å². The highest BCUT2D eigenvalue weighted by atomic mass is 32.2. The first kappa shape index (κ1) is 17.7. The fraction of sp³-hybridized carbons (Fsp3) is 0.263. The minimum atomic E-state index is -3.62. The summed E-state index contributed by atoms with van der Waals surface area (Å²) in [5.74, 6) is 0.819. The van der Waals surface area contributed by atoms with Gasteiger partial charge in [-0.15, -0.1) is 0 Å². The van der Waals surface area contributed by atoms with Gasteiger partial charge in [0.25, 0.3) is 10.0 Å². The van der Waals surface area contributed by atoms with E-state index in [1.807, 2.05) is 43.3 Å². The van der Waals surface area contributed by atoms with E-state index in [0.717, 1.165) is 21.3 Å². The van der Waals surface area contributed by atoms with Crippen molar-refractivity contribution >= 4 is 16.1 Å². The minimum absolute atomic E-state index is 0.0160. The summed E-state index contributed by atoms with van der Waals surface area (Å²) in [5, 5.41) is 0. The van der Waals surface area contributed by atoms with Gasteiger partial charge >= 0.3 is 0 Å². The molecule has 0 bridgehead atoms. The monoisotopic (exact) mass is 359 g/mol. The summed E-state index contributed by atoms with van der Waals surface area (Å²) >= 11 is 0. The molecule has 0 aromatic heterocycles. The van der Waals surface area contributed by atoms with Crippen molar-refractivity contribution in [2.75, 3.05) is 20.3 Å². The van der Waals surface area contributed by atoms with Crippen LogP contribution in [0.25, 0.3) is 6.08 Å². The third-order valence-electron chi connectivity index (χ3n) is 4.08. The molecule has 25 heavy (non-hydrogen) atoms. The molecule has 2 aromatic carbocycles. The first-order chi connectivity index (χ1) is 12.0. The first-order valence-corrected chi connectivity index (χ1v) is 9.47. The number of hydrogen-bond donors (Lipinski definition) is 0. The van der Waals surface area contributed by atoms with Gasteiger partial charge < -0.3 is 4.74 Å². The van der Waals surface area contributed by atoms with Crippen LogP contribution in [0.5, 0.6) is 5.75 Å². The average Bonchev–Trinajstić information content (AvgIpc) is 3.11. The van der Waals surface area contributed by atoms with E-state index < -0.39 is 10.0 Å². The van der Waals surface area contributed by atoms with Crippen LogP contribution >= 0.6 is 0 Å². The topological polar surface area (TPSA) is 55.8 Å². The second-order valence-corrected chi connectivity index (χ2v) is 7.82. The summed E-state index contributed by atoms with van der Waals surface area (Å²) < 4.78 is 31.4. The number of ether oxygens (including phenoxy) is 1. The van der Waals surface area contributed by atoms with E-state index in [1.54, 1.807) is 31.4 Å². The molecular weight excluding hydrogens is 338 g/mol. The van der Waals surface area contributed by atoms with Gasteiger partial charge in [-0.2, -0.15) is 0 Å². The third kappa shape index (κ3) is 4.10. The predicted molar refractivity (Wildman–Crippen MR) is 96.5 cm³/mol. The molecule has 6 heteroatoms. The quantitative estimate of drug-likeness (QED) is 0.822. The summed E-state index contributed by atoms with van der Waals surface area (Å²) in [4.78, 5) is 5.66. The zero-order valence-corrected chi connectivity index (χ0v) is 15.1. The zero-order chi connectivity index (χ0) is 17.9. The van der Waals surface area contributed by atoms with E-state index in [-0.39, 0.29) is 10.8 Å². The Balaban J connectivity index is 1.66. The number of benzene rings is 2. The molecule has 1 saturated heterocycles. The maximum atomic E-state index is 12.6. The van der Waals surface area contributed by atoms with Crippen molar-refractivity contribution < 1.29 is 18.0 Å². The normalized spacial score (nSPS) is 18.7. The van der Waals surface area contributed by atoms with Crippen LogP contribution in [-0.4, -0.2) is 33.1 Å². The van der Waals surface area contributed by atoms with Gasteiger partial charge in [-0.1, -0.05) is 46.4 Å². The number of methoxy groups -OCH3 is 1. The molecule has 1 heterocycles. The predicted octanol–water partition coefficient (Wildman–Crippen LogP) is 3.27. The molecule has 0 aliphatic carbocycles. The molecule has 5 nitrogen and oxygen atoms in total. The second kappa shape index (κ2) is 7.39. The molecule has 0 radical (unpaired) electrons. The second-order valence-electron chi connectivity index (χ2n) is 5.99. The number of sulfonamides is 1. The molecule has 0 N–H and O–H groups in total. The van der Waals surface area contributed by atoms with E-state index in [4.69, 9.17) is 9.57 Å². The minimum Gasteiger partial charge on any atom is -0.497 e. The van der Waals surface area contributed by atoms with Crippen molar-refractivity contribution in [3.63, 3.8) is 0 Å². The Morgan fingerprint density at radius 1 is 1.12 bits per heavy atom. The van der Waals surface area contributed by atoms with E-state index >= 15 is 0 Å². The Hall–Kier alpha value is -2.15. The van der Waals surface area contributed by atoms with Crippen LogP contribution < -0.4 is 4.74 Å². The van der Waals surface area contributed by atoms with Crippen molar-refractivity contribution in [1.82, 2.24) is 4.47 Å². The first-order valence-electron chi connectivity index (χ1n) is 8.03. The number of hydrogen-bond acceptors (Lipinski definition) is 4. The van der Waals surface area contributed by atoms with Gasteiger partial charge in [-0.05, 0) is 36.8 Å². The summed E-state index contributed by atoms with van der Waals surface area (Å²) in [7, 11) is -1.99. The van der Waals surface area contributed by atoms with Crippen LogP contribution in [-0.2, 0) is 14.9 Å². The number of aryl methyl sites for hydroxylation is 1.